The van der Waals surface area contributed by atoms with E-state index in [0.717, 1.165) is 9.87 Å². The molecule has 2 N–H and O–H groups in total. The van der Waals surface area contributed by atoms with Gasteiger partial charge in [0.2, 0.25) is 11.1 Å². The first-order valence-electron chi connectivity index (χ1n) is 10.9. The Kier molecular flexibility index (Phi) is 8.99. The zero-order chi connectivity index (χ0) is 25.4. The Hall–Kier alpha value is -3.25. The molecule has 3 rings (SSSR count). The molecule has 0 aliphatic rings. The quantitative estimate of drug-likeness (QED) is 0.276. The average molecular weight is 520 g/mol. The van der Waals surface area contributed by atoms with Crippen LogP contribution in [-0.4, -0.2) is 62.1 Å². The summed E-state index contributed by atoms with van der Waals surface area (Å²) in [4.78, 5) is 17.0. The fraction of sp³-hybridized carbons (Fsp3) is 0.348. The monoisotopic (exact) mass is 519 g/mol. The molecule has 0 unspecified atom stereocenters. The fourth-order valence-electron chi connectivity index (χ4n) is 3.20. The van der Waals surface area contributed by atoms with E-state index in [0.29, 0.717) is 41.3 Å². The van der Waals surface area contributed by atoms with Crippen LogP contribution in [0.15, 0.2) is 52.5 Å². The van der Waals surface area contributed by atoms with Crippen molar-refractivity contribution in [3.8, 4) is 11.5 Å². The molecule has 12 heteroatoms. The van der Waals surface area contributed by atoms with Gasteiger partial charge in [0, 0.05) is 12.3 Å². The van der Waals surface area contributed by atoms with Crippen LogP contribution >= 0.6 is 11.8 Å². The Morgan fingerprint density at radius 3 is 2.54 bits per heavy atom. The lowest BCUT2D eigenvalue weighted by Crippen LogP contribution is -2.41. The van der Waals surface area contributed by atoms with Gasteiger partial charge in [-0.3, -0.25) is 14.2 Å². The molecular weight excluding hydrogens is 490 g/mol. The summed E-state index contributed by atoms with van der Waals surface area (Å²) in [6.45, 7) is 5.86. The first-order chi connectivity index (χ1) is 16.7. The number of aromatic nitrogens is 3. The summed E-state index contributed by atoms with van der Waals surface area (Å²) in [5.41, 5.74) is 1.08. The Labute approximate surface area is 209 Å². The number of sulfonamides is 1. The predicted molar refractivity (Wildman–Crippen MR) is 135 cm³/mol. The Balaban J connectivity index is 1.81. The molecule has 1 heterocycles. The van der Waals surface area contributed by atoms with Gasteiger partial charge in [0.25, 0.3) is 10.0 Å². The number of hydrogen-bond donors (Lipinski definition) is 2. The number of thioether (sulfide) groups is 1. The van der Waals surface area contributed by atoms with Crippen LogP contribution in [0, 0.1) is 13.8 Å². The maximum atomic E-state index is 13.7. The van der Waals surface area contributed by atoms with Crippen molar-refractivity contribution < 1.29 is 22.7 Å². The molecule has 10 nitrogen and oxygen atoms in total. The van der Waals surface area contributed by atoms with Crippen molar-refractivity contribution in [2.45, 2.75) is 30.8 Å². The summed E-state index contributed by atoms with van der Waals surface area (Å²) in [6, 6.07) is 11.5. The molecule has 35 heavy (non-hydrogen) atoms. The van der Waals surface area contributed by atoms with Crippen molar-refractivity contribution in [1.82, 2.24) is 20.5 Å². The third kappa shape index (κ3) is 6.89. The van der Waals surface area contributed by atoms with Crippen molar-refractivity contribution in [1.29, 1.82) is 0 Å². The molecule has 188 valence electrons. The van der Waals surface area contributed by atoms with Crippen LogP contribution in [0.1, 0.15) is 18.3 Å². The van der Waals surface area contributed by atoms with Gasteiger partial charge in [-0.2, -0.15) is 0 Å². The van der Waals surface area contributed by atoms with Crippen LogP contribution in [0.3, 0.4) is 0 Å². The molecule has 2 aromatic carbocycles. The van der Waals surface area contributed by atoms with Crippen molar-refractivity contribution >= 4 is 33.4 Å². The van der Waals surface area contributed by atoms with Gasteiger partial charge in [0.15, 0.2) is 0 Å². The highest BCUT2D eigenvalue weighted by Gasteiger charge is 2.30. The molecule has 0 spiro atoms. The van der Waals surface area contributed by atoms with Crippen LogP contribution in [0.2, 0.25) is 0 Å². The van der Waals surface area contributed by atoms with E-state index in [1.165, 1.54) is 24.9 Å². The highest BCUT2D eigenvalue weighted by molar-refractivity contribution is 7.99. The number of H-pyrrole nitrogens is 1. The number of rotatable bonds is 12. The van der Waals surface area contributed by atoms with Crippen LogP contribution in [0.5, 0.6) is 11.5 Å². The maximum Gasteiger partial charge on any atom is 0.268 e. The number of aryl methyl sites for hydroxylation is 2. The minimum atomic E-state index is -4.13. The van der Waals surface area contributed by atoms with Gasteiger partial charge in [-0.05, 0) is 62.7 Å². The van der Waals surface area contributed by atoms with Gasteiger partial charge < -0.3 is 14.8 Å². The smallest absolute Gasteiger partial charge is 0.268 e. The summed E-state index contributed by atoms with van der Waals surface area (Å²) < 4.78 is 39.3. The second-order valence-corrected chi connectivity index (χ2v) is 10.4. The fourth-order valence-corrected chi connectivity index (χ4v) is 5.56. The van der Waals surface area contributed by atoms with Gasteiger partial charge in [0.1, 0.15) is 28.8 Å². The largest absolute Gasteiger partial charge is 0.495 e. The average Bonchev–Trinajstić information content (AvgIpc) is 3.26. The minimum Gasteiger partial charge on any atom is -0.495 e. The number of benzene rings is 2. The summed E-state index contributed by atoms with van der Waals surface area (Å²) in [6.07, 6.45) is 0. The lowest BCUT2D eigenvalue weighted by Gasteiger charge is -2.25. The third-order valence-corrected chi connectivity index (χ3v) is 7.49. The maximum absolute atomic E-state index is 13.7. The van der Waals surface area contributed by atoms with E-state index in [2.05, 4.69) is 20.5 Å². The zero-order valence-electron chi connectivity index (χ0n) is 20.1. The van der Waals surface area contributed by atoms with E-state index in [9.17, 15) is 13.2 Å². The molecule has 1 amide bonds. The zero-order valence-corrected chi connectivity index (χ0v) is 21.7. The molecule has 0 aliphatic carbocycles. The topological polar surface area (TPSA) is 127 Å². The molecule has 1 aromatic heterocycles. The summed E-state index contributed by atoms with van der Waals surface area (Å²) in [7, 11) is -2.73. The second kappa shape index (κ2) is 11.9. The Bertz CT molecular complexity index is 1250. The van der Waals surface area contributed by atoms with Crippen molar-refractivity contribution in [3.63, 3.8) is 0 Å². The van der Waals surface area contributed by atoms with E-state index < -0.39 is 22.5 Å². The van der Waals surface area contributed by atoms with Crippen LogP contribution in [-0.2, 0) is 14.8 Å². The molecule has 0 fully saturated rings. The van der Waals surface area contributed by atoms with E-state index in [1.807, 2.05) is 6.92 Å². The van der Waals surface area contributed by atoms with E-state index in [1.54, 1.807) is 50.2 Å². The number of hydrogen-bond acceptors (Lipinski definition) is 8. The molecule has 0 saturated carbocycles. The minimum absolute atomic E-state index is 0.0165. The lowest BCUT2D eigenvalue weighted by molar-refractivity contribution is -0.119. The Morgan fingerprint density at radius 1 is 1.17 bits per heavy atom. The van der Waals surface area contributed by atoms with Gasteiger partial charge in [-0.1, -0.05) is 17.8 Å². The molecule has 0 radical (unpaired) electrons. The SMILES string of the molecule is CCOc1ccc(N(CC(=O)NCCSc2n[nH]c(C)n2)S(=O)(=O)c2cc(C)ccc2OC)cc1. The molecule has 0 bridgehead atoms. The number of aromatic amines is 1. The molecule has 0 saturated heterocycles. The Morgan fingerprint density at radius 2 is 1.91 bits per heavy atom. The van der Waals surface area contributed by atoms with Crippen molar-refractivity contribution in [2.24, 2.45) is 0 Å². The van der Waals surface area contributed by atoms with Gasteiger partial charge in [-0.25, -0.2) is 13.4 Å². The number of amides is 1. The second-order valence-electron chi connectivity index (χ2n) is 7.49. The lowest BCUT2D eigenvalue weighted by atomic mass is 10.2. The van der Waals surface area contributed by atoms with Crippen molar-refractivity contribution in [2.75, 3.05) is 36.9 Å². The number of anilines is 1. The number of nitrogens with zero attached hydrogens (tertiary/aromatic N) is 3. The highest BCUT2D eigenvalue weighted by atomic mass is 32.2. The summed E-state index contributed by atoms with van der Waals surface area (Å²) >= 11 is 1.38. The molecule has 3 aromatic rings. The number of ether oxygens (including phenoxy) is 2. The number of nitrogens with one attached hydrogen (secondary N) is 2. The van der Waals surface area contributed by atoms with Gasteiger partial charge in [0.05, 0.1) is 19.4 Å². The highest BCUT2D eigenvalue weighted by Crippen LogP contribution is 2.31. The molecule has 0 atom stereocenters. The third-order valence-electron chi connectivity index (χ3n) is 4.84. The molecule has 0 aliphatic heterocycles. The standard InChI is InChI=1S/C23H29N5O5S2/c1-5-33-19-9-7-18(8-10-19)28(35(30,31)21-14-16(2)6-11-20(21)32-4)15-22(29)24-12-13-34-23-25-17(3)26-27-23/h6-11,14H,5,12-13,15H2,1-4H3,(H,24,29)(H,25,26,27). The van der Waals surface area contributed by atoms with E-state index in [4.69, 9.17) is 9.47 Å². The normalized spacial score (nSPS) is 11.2. The summed E-state index contributed by atoms with van der Waals surface area (Å²) in [5, 5.41) is 10.1. The van der Waals surface area contributed by atoms with Gasteiger partial charge in [-0.15, -0.1) is 5.10 Å². The van der Waals surface area contributed by atoms with Crippen LogP contribution in [0.4, 0.5) is 5.69 Å². The number of methoxy groups -OCH3 is 1. The van der Waals surface area contributed by atoms with Gasteiger partial charge >= 0.3 is 0 Å². The van der Waals surface area contributed by atoms with Crippen LogP contribution in [0.25, 0.3) is 0 Å². The first kappa shape index (κ1) is 26.4. The number of carbonyl (C=O) groups is 1. The molecular formula is C23H29N5O5S2. The summed E-state index contributed by atoms with van der Waals surface area (Å²) in [5.74, 6) is 1.60. The van der Waals surface area contributed by atoms with E-state index >= 15 is 0 Å². The first-order valence-corrected chi connectivity index (χ1v) is 13.4. The van der Waals surface area contributed by atoms with E-state index in [-0.39, 0.29) is 10.6 Å². The predicted octanol–water partition coefficient (Wildman–Crippen LogP) is 2.93. The van der Waals surface area contributed by atoms with Crippen LogP contribution < -0.4 is 19.1 Å². The van der Waals surface area contributed by atoms with Crippen molar-refractivity contribution in [3.05, 3.63) is 53.9 Å². The number of carbonyl (C=O) groups excluding carboxylic acids is 1.